The van der Waals surface area contributed by atoms with E-state index in [0.717, 1.165) is 30.0 Å². The quantitative estimate of drug-likeness (QED) is 0.342. The lowest BCUT2D eigenvalue weighted by Gasteiger charge is -2.30. The molecule has 1 aliphatic carbocycles. The van der Waals surface area contributed by atoms with Crippen LogP contribution in [0.4, 0.5) is 17.6 Å². The number of rotatable bonds is 7. The van der Waals surface area contributed by atoms with Crippen LogP contribution in [-0.2, 0) is 0 Å². The van der Waals surface area contributed by atoms with E-state index in [2.05, 4.69) is 20.4 Å². The molecule has 3 N–H and O–H groups in total. The summed E-state index contributed by atoms with van der Waals surface area (Å²) < 4.78 is 60.9. The van der Waals surface area contributed by atoms with Crippen molar-refractivity contribution in [1.29, 1.82) is 0 Å². The number of benzene rings is 2. The maximum atomic E-state index is 13.9. The van der Waals surface area contributed by atoms with Gasteiger partial charge in [0.2, 0.25) is 5.88 Å². The zero-order valence-corrected chi connectivity index (χ0v) is 20.7. The van der Waals surface area contributed by atoms with Gasteiger partial charge in [-0.1, -0.05) is 12.1 Å². The number of pyridine rings is 1. The van der Waals surface area contributed by atoms with Crippen molar-refractivity contribution in [3.8, 4) is 23.1 Å². The Hall–Kier alpha value is -4.35. The molecule has 0 atom stereocenters. The Labute approximate surface area is 221 Å². The number of alkyl halides is 3. The summed E-state index contributed by atoms with van der Waals surface area (Å²) in [5.74, 6) is -2.89. The summed E-state index contributed by atoms with van der Waals surface area (Å²) in [5, 5.41) is 15.7. The van der Waals surface area contributed by atoms with Gasteiger partial charge < -0.3 is 25.2 Å². The highest BCUT2D eigenvalue weighted by molar-refractivity contribution is 5.97. The molecular weight excluding hydrogens is 522 g/mol. The van der Waals surface area contributed by atoms with E-state index in [-0.39, 0.29) is 40.6 Å². The summed E-state index contributed by atoms with van der Waals surface area (Å²) >= 11 is 0. The molecular formula is C27H25F4N3O5. The van der Waals surface area contributed by atoms with Crippen molar-refractivity contribution < 1.29 is 41.7 Å². The first kappa shape index (κ1) is 27.7. The number of hydrogen-bond donors (Lipinski definition) is 3. The molecule has 0 radical (unpaired) electrons. The van der Waals surface area contributed by atoms with E-state index in [9.17, 15) is 32.3 Å². The Morgan fingerprint density at radius 1 is 0.923 bits per heavy atom. The molecule has 39 heavy (non-hydrogen) atoms. The molecule has 0 bridgehead atoms. The standard InChI is InChI=1S/C27H25F4N3O5/c1-15-5-10-21(23(35)11-15)24(36)33-17-6-8-18(9-7-17)34-25(37)22-12-16(28)14-32-26(22)38-19-3-2-4-20(13-19)39-27(29,30)31/h2-5,10-14,17-18,35H,6-9H2,1H3,(H,33,36)(H,34,37). The first-order valence-electron chi connectivity index (χ1n) is 12.1. The van der Waals surface area contributed by atoms with E-state index in [1.807, 2.05) is 0 Å². The lowest BCUT2D eigenvalue weighted by Crippen LogP contribution is -2.43. The minimum absolute atomic E-state index is 0.0965. The van der Waals surface area contributed by atoms with Gasteiger partial charge in [-0.15, -0.1) is 13.2 Å². The molecule has 0 saturated heterocycles. The second-order valence-corrected chi connectivity index (χ2v) is 9.15. The van der Waals surface area contributed by atoms with Crippen molar-refractivity contribution in [1.82, 2.24) is 15.6 Å². The zero-order valence-electron chi connectivity index (χ0n) is 20.7. The van der Waals surface area contributed by atoms with Gasteiger partial charge in [-0.2, -0.15) is 0 Å². The lowest BCUT2D eigenvalue weighted by atomic mass is 9.90. The molecule has 1 aliphatic rings. The minimum atomic E-state index is -4.90. The fourth-order valence-electron chi connectivity index (χ4n) is 4.26. The Kier molecular flexibility index (Phi) is 8.22. The van der Waals surface area contributed by atoms with Crippen molar-refractivity contribution in [2.75, 3.05) is 0 Å². The molecule has 4 rings (SSSR count). The van der Waals surface area contributed by atoms with E-state index < -0.39 is 29.7 Å². The molecule has 8 nitrogen and oxygen atoms in total. The first-order chi connectivity index (χ1) is 18.5. The molecule has 2 amide bonds. The number of nitrogens with zero attached hydrogens (tertiary/aromatic N) is 1. The van der Waals surface area contributed by atoms with Crippen molar-refractivity contribution >= 4 is 11.8 Å². The average molecular weight is 548 g/mol. The van der Waals surface area contributed by atoms with Crippen LogP contribution >= 0.6 is 0 Å². The van der Waals surface area contributed by atoms with Crippen molar-refractivity contribution in [3.63, 3.8) is 0 Å². The number of aryl methyl sites for hydroxylation is 1. The Balaban J connectivity index is 1.36. The number of carbonyl (C=O) groups is 2. The number of aromatic hydroxyl groups is 1. The number of aromatic nitrogens is 1. The van der Waals surface area contributed by atoms with Crippen molar-refractivity contribution in [2.24, 2.45) is 0 Å². The van der Waals surface area contributed by atoms with Crippen LogP contribution in [0.15, 0.2) is 54.7 Å². The molecule has 0 unspecified atom stereocenters. The Morgan fingerprint density at radius 3 is 2.15 bits per heavy atom. The van der Waals surface area contributed by atoms with Crippen LogP contribution in [0.2, 0.25) is 0 Å². The third-order valence-corrected chi connectivity index (χ3v) is 6.11. The predicted octanol–water partition coefficient (Wildman–Crippen LogP) is 5.40. The van der Waals surface area contributed by atoms with Crippen molar-refractivity contribution in [3.05, 3.63) is 77.2 Å². The van der Waals surface area contributed by atoms with Gasteiger partial charge in [-0.05, 0) is 68.5 Å². The first-order valence-corrected chi connectivity index (χ1v) is 12.1. The SMILES string of the molecule is Cc1ccc(C(=O)NC2CCC(NC(=O)c3cc(F)cnc3Oc3cccc(OC(F)(F)F)c3)CC2)c(O)c1. The topological polar surface area (TPSA) is 110 Å². The molecule has 3 aromatic rings. The van der Waals surface area contributed by atoms with Crippen LogP contribution in [-0.4, -0.2) is 40.4 Å². The fraction of sp³-hybridized carbons (Fsp3) is 0.296. The molecule has 1 saturated carbocycles. The average Bonchev–Trinajstić information content (AvgIpc) is 2.85. The number of carbonyl (C=O) groups excluding carboxylic acids is 2. The molecule has 1 aromatic heterocycles. The molecule has 0 aliphatic heterocycles. The molecule has 0 spiro atoms. The van der Waals surface area contributed by atoms with E-state index >= 15 is 0 Å². The normalized spacial score (nSPS) is 17.3. The van der Waals surface area contributed by atoms with Crippen LogP contribution in [0, 0.1) is 12.7 Å². The number of amides is 2. The number of ether oxygens (including phenoxy) is 2. The number of halogens is 4. The Bertz CT molecular complexity index is 1360. The number of hydrogen-bond acceptors (Lipinski definition) is 6. The number of phenols is 1. The number of nitrogens with one attached hydrogen (secondary N) is 2. The third-order valence-electron chi connectivity index (χ3n) is 6.11. The highest BCUT2D eigenvalue weighted by Crippen LogP contribution is 2.30. The highest BCUT2D eigenvalue weighted by Gasteiger charge is 2.31. The summed E-state index contributed by atoms with van der Waals surface area (Å²) in [6, 6.07) is 9.91. The van der Waals surface area contributed by atoms with E-state index in [4.69, 9.17) is 4.74 Å². The largest absolute Gasteiger partial charge is 0.573 e. The summed E-state index contributed by atoms with van der Waals surface area (Å²) in [5.41, 5.74) is 0.770. The highest BCUT2D eigenvalue weighted by atomic mass is 19.4. The summed E-state index contributed by atoms with van der Waals surface area (Å²) in [4.78, 5) is 29.3. The minimum Gasteiger partial charge on any atom is -0.507 e. The fourth-order valence-corrected chi connectivity index (χ4v) is 4.26. The van der Waals surface area contributed by atoms with Gasteiger partial charge in [-0.25, -0.2) is 9.37 Å². The smallest absolute Gasteiger partial charge is 0.507 e. The van der Waals surface area contributed by atoms with Crippen LogP contribution in [0.5, 0.6) is 23.1 Å². The van der Waals surface area contributed by atoms with Gasteiger partial charge in [-0.3, -0.25) is 9.59 Å². The van der Waals surface area contributed by atoms with Crippen LogP contribution in [0.1, 0.15) is 52.0 Å². The third kappa shape index (κ3) is 7.59. The van der Waals surface area contributed by atoms with Crippen LogP contribution in [0.25, 0.3) is 0 Å². The molecule has 1 fully saturated rings. The Morgan fingerprint density at radius 2 is 1.54 bits per heavy atom. The van der Waals surface area contributed by atoms with Gasteiger partial charge in [0, 0.05) is 18.2 Å². The molecule has 12 heteroatoms. The van der Waals surface area contributed by atoms with Crippen LogP contribution < -0.4 is 20.1 Å². The maximum Gasteiger partial charge on any atom is 0.573 e. The second-order valence-electron chi connectivity index (χ2n) is 9.15. The van der Waals surface area contributed by atoms with Gasteiger partial charge in [0.25, 0.3) is 11.8 Å². The van der Waals surface area contributed by atoms with Crippen molar-refractivity contribution in [2.45, 2.75) is 51.1 Å². The van der Waals surface area contributed by atoms with E-state index in [1.54, 1.807) is 19.1 Å². The maximum absolute atomic E-state index is 13.9. The summed E-state index contributed by atoms with van der Waals surface area (Å²) in [6.45, 7) is 1.80. The zero-order chi connectivity index (χ0) is 28.2. The summed E-state index contributed by atoms with van der Waals surface area (Å²) in [6.07, 6.45) is -1.93. The molecule has 1 heterocycles. The predicted molar refractivity (Wildman–Crippen MR) is 131 cm³/mol. The van der Waals surface area contributed by atoms with Crippen LogP contribution in [0.3, 0.4) is 0 Å². The number of phenolic OH excluding ortho intramolecular Hbond substituents is 1. The van der Waals surface area contributed by atoms with E-state index in [0.29, 0.717) is 25.7 Å². The monoisotopic (exact) mass is 547 g/mol. The van der Waals surface area contributed by atoms with E-state index in [1.165, 1.54) is 18.2 Å². The van der Waals surface area contributed by atoms with Gasteiger partial charge in [0.15, 0.2) is 0 Å². The van der Waals surface area contributed by atoms with Gasteiger partial charge in [0.05, 0.1) is 11.8 Å². The van der Waals surface area contributed by atoms with Gasteiger partial charge >= 0.3 is 6.36 Å². The molecule has 206 valence electrons. The second kappa shape index (κ2) is 11.6. The lowest BCUT2D eigenvalue weighted by molar-refractivity contribution is -0.274. The summed E-state index contributed by atoms with van der Waals surface area (Å²) in [7, 11) is 0. The molecule has 2 aromatic carbocycles. The van der Waals surface area contributed by atoms with Gasteiger partial charge in [0.1, 0.15) is 28.6 Å².